The van der Waals surface area contributed by atoms with Gasteiger partial charge >= 0.3 is 6.16 Å². The van der Waals surface area contributed by atoms with Gasteiger partial charge in [-0.15, -0.1) is 0 Å². The minimum atomic E-state index is -1.45. The third-order valence-electron chi connectivity index (χ3n) is 7.10. The van der Waals surface area contributed by atoms with Gasteiger partial charge in [0.05, 0.1) is 5.52 Å². The molecule has 1 amide bonds. The van der Waals surface area contributed by atoms with Crippen LogP contribution in [0, 0.1) is 11.3 Å². The number of imidazole rings is 1. The Morgan fingerprint density at radius 3 is 2.59 bits per heavy atom. The molecule has 39 heavy (non-hydrogen) atoms. The number of amidine groups is 1. The first kappa shape index (κ1) is 26.2. The Morgan fingerprint density at radius 1 is 1.15 bits per heavy atom. The fourth-order valence-electron chi connectivity index (χ4n) is 5.13. The maximum Gasteiger partial charge on any atom is 0.511 e. The van der Waals surface area contributed by atoms with E-state index in [4.69, 9.17) is 20.9 Å². The van der Waals surface area contributed by atoms with Crippen molar-refractivity contribution in [1.82, 2.24) is 14.9 Å². The molecule has 1 fully saturated rings. The van der Waals surface area contributed by atoms with Crippen molar-refractivity contribution >= 4 is 45.4 Å². The Balaban J connectivity index is 1.58. The molecule has 6 N–H and O–H groups in total. The van der Waals surface area contributed by atoms with Crippen LogP contribution in [0.4, 0.5) is 10.5 Å². The number of carboxylic acid groups (broad SMARTS) is 1. The highest BCUT2D eigenvalue weighted by molar-refractivity contribution is 5.99. The first-order chi connectivity index (χ1) is 18.7. The van der Waals surface area contributed by atoms with E-state index in [0.717, 1.165) is 48.1 Å². The standard InChI is InChI=1S/C29H32N6O4/c1-16(2)27-34-25-23(35(27)15-17-3-4-18-5-6-20(26(30)31)12-21(18)11-17)13-22(14-24(25)39-29(37)38)33-28(36)19-7-9-32-10-8-19/h3-6,11-14,16,19,32H,7-10,15H2,1-2H3,(H3,30,31)(H,33,36)(H,37,38). The first-order valence-electron chi connectivity index (χ1n) is 13.0. The number of benzene rings is 3. The van der Waals surface area contributed by atoms with Gasteiger partial charge in [0.15, 0.2) is 5.75 Å². The second-order valence-corrected chi connectivity index (χ2v) is 10.2. The largest absolute Gasteiger partial charge is 0.511 e. The first-order valence-corrected chi connectivity index (χ1v) is 13.0. The summed E-state index contributed by atoms with van der Waals surface area (Å²) in [4.78, 5) is 29.3. The molecular formula is C29H32N6O4. The average Bonchev–Trinajstić information content (AvgIpc) is 3.27. The van der Waals surface area contributed by atoms with Crippen molar-refractivity contribution < 1.29 is 19.4 Å². The molecule has 0 aliphatic carbocycles. The molecule has 1 aliphatic rings. The van der Waals surface area contributed by atoms with Crippen molar-refractivity contribution in [1.29, 1.82) is 5.41 Å². The number of nitrogens with zero attached hydrogens (tertiary/aromatic N) is 2. The van der Waals surface area contributed by atoms with Crippen LogP contribution in [0.15, 0.2) is 48.5 Å². The predicted octanol–water partition coefficient (Wildman–Crippen LogP) is 4.64. The monoisotopic (exact) mass is 528 g/mol. The summed E-state index contributed by atoms with van der Waals surface area (Å²) in [5.74, 6) is 0.677. The van der Waals surface area contributed by atoms with Crippen LogP contribution in [0.25, 0.3) is 21.8 Å². The number of hydrogen-bond acceptors (Lipinski definition) is 6. The van der Waals surface area contributed by atoms with Gasteiger partial charge in [-0.2, -0.15) is 0 Å². The van der Waals surface area contributed by atoms with Crippen molar-refractivity contribution in [2.24, 2.45) is 11.7 Å². The van der Waals surface area contributed by atoms with E-state index in [1.54, 1.807) is 0 Å². The van der Waals surface area contributed by atoms with E-state index in [9.17, 15) is 14.7 Å². The normalized spacial score (nSPS) is 14.1. The quantitative estimate of drug-likeness (QED) is 0.101. The molecule has 3 aromatic carbocycles. The summed E-state index contributed by atoms with van der Waals surface area (Å²) in [5, 5.41) is 25.4. The van der Waals surface area contributed by atoms with Crippen LogP contribution in [0.3, 0.4) is 0 Å². The molecule has 1 saturated heterocycles. The summed E-state index contributed by atoms with van der Waals surface area (Å²) in [6.45, 7) is 6.08. The minimum absolute atomic E-state index is 0.00928. The van der Waals surface area contributed by atoms with Crippen LogP contribution < -0.4 is 21.1 Å². The van der Waals surface area contributed by atoms with Gasteiger partial charge in [-0.3, -0.25) is 10.2 Å². The van der Waals surface area contributed by atoms with E-state index in [1.807, 2.05) is 54.8 Å². The maximum atomic E-state index is 13.0. The number of amides is 1. The van der Waals surface area contributed by atoms with Crippen molar-refractivity contribution in [3.05, 3.63) is 65.5 Å². The Kier molecular flexibility index (Phi) is 7.21. The third kappa shape index (κ3) is 5.56. The van der Waals surface area contributed by atoms with E-state index in [-0.39, 0.29) is 29.3 Å². The number of anilines is 1. The zero-order valence-electron chi connectivity index (χ0n) is 22.0. The lowest BCUT2D eigenvalue weighted by Crippen LogP contribution is -2.34. The molecule has 0 radical (unpaired) electrons. The molecule has 10 heteroatoms. The van der Waals surface area contributed by atoms with Gasteiger partial charge in [0.1, 0.15) is 17.2 Å². The molecule has 1 aromatic heterocycles. The smallest absolute Gasteiger partial charge is 0.449 e. The number of nitrogens with two attached hydrogens (primary N) is 1. The Labute approximate surface area is 225 Å². The van der Waals surface area contributed by atoms with E-state index in [0.29, 0.717) is 28.8 Å². The fraction of sp³-hybridized carbons (Fsp3) is 0.310. The molecule has 0 spiro atoms. The van der Waals surface area contributed by atoms with E-state index < -0.39 is 6.16 Å². The molecule has 0 saturated carbocycles. The van der Waals surface area contributed by atoms with Crippen LogP contribution in [0.1, 0.15) is 49.6 Å². The van der Waals surface area contributed by atoms with Crippen molar-refractivity contribution in [2.75, 3.05) is 18.4 Å². The molecule has 5 rings (SSSR count). The predicted molar refractivity (Wildman–Crippen MR) is 151 cm³/mol. The van der Waals surface area contributed by atoms with Gasteiger partial charge in [-0.25, -0.2) is 9.78 Å². The van der Waals surface area contributed by atoms with Crippen LogP contribution in [-0.4, -0.2) is 45.6 Å². The molecule has 1 aliphatic heterocycles. The topological polar surface area (TPSA) is 155 Å². The van der Waals surface area contributed by atoms with Gasteiger partial charge in [-0.1, -0.05) is 38.1 Å². The molecule has 10 nitrogen and oxygen atoms in total. The molecule has 0 bridgehead atoms. The number of carbonyl (C=O) groups excluding carboxylic acids is 1. The van der Waals surface area contributed by atoms with E-state index in [2.05, 4.69) is 16.7 Å². The number of fused-ring (bicyclic) bond motifs is 2. The van der Waals surface area contributed by atoms with Gasteiger partial charge in [-0.05, 0) is 60.5 Å². The lowest BCUT2D eigenvalue weighted by atomic mass is 9.97. The zero-order valence-corrected chi connectivity index (χ0v) is 22.0. The Morgan fingerprint density at radius 2 is 1.90 bits per heavy atom. The van der Waals surface area contributed by atoms with E-state index >= 15 is 0 Å². The summed E-state index contributed by atoms with van der Waals surface area (Å²) in [5.41, 5.74) is 8.89. The summed E-state index contributed by atoms with van der Waals surface area (Å²) < 4.78 is 7.17. The number of piperidine rings is 1. The van der Waals surface area contributed by atoms with Crippen LogP contribution in [0.2, 0.25) is 0 Å². The van der Waals surface area contributed by atoms with Crippen molar-refractivity contribution in [3.8, 4) is 5.75 Å². The summed E-state index contributed by atoms with van der Waals surface area (Å²) in [6, 6.07) is 15.1. The van der Waals surface area contributed by atoms with Crippen molar-refractivity contribution in [2.45, 2.75) is 39.2 Å². The van der Waals surface area contributed by atoms with Crippen LogP contribution in [0.5, 0.6) is 5.75 Å². The Hall–Kier alpha value is -4.44. The minimum Gasteiger partial charge on any atom is -0.449 e. The number of carbonyl (C=O) groups is 2. The molecular weight excluding hydrogens is 496 g/mol. The second kappa shape index (κ2) is 10.7. The van der Waals surface area contributed by atoms with Crippen LogP contribution in [-0.2, 0) is 11.3 Å². The summed E-state index contributed by atoms with van der Waals surface area (Å²) in [7, 11) is 0. The second-order valence-electron chi connectivity index (χ2n) is 10.2. The van der Waals surface area contributed by atoms with Gasteiger partial charge < -0.3 is 30.8 Å². The number of nitrogen functional groups attached to an aromatic ring is 1. The third-order valence-corrected chi connectivity index (χ3v) is 7.10. The van der Waals surface area contributed by atoms with Crippen molar-refractivity contribution in [3.63, 3.8) is 0 Å². The maximum absolute atomic E-state index is 13.0. The zero-order chi connectivity index (χ0) is 27.7. The highest BCUT2D eigenvalue weighted by Crippen LogP contribution is 2.34. The lowest BCUT2D eigenvalue weighted by molar-refractivity contribution is -0.120. The molecule has 0 unspecified atom stereocenters. The number of rotatable bonds is 7. The number of nitrogens with one attached hydrogen (secondary N) is 3. The highest BCUT2D eigenvalue weighted by atomic mass is 16.7. The van der Waals surface area contributed by atoms with E-state index in [1.165, 1.54) is 6.07 Å². The van der Waals surface area contributed by atoms with Gasteiger partial charge in [0, 0.05) is 35.7 Å². The SMILES string of the molecule is CC(C)c1nc2c(OC(=O)O)cc(NC(=O)C3CCNCC3)cc2n1Cc1ccc2ccc(C(=N)N)cc2c1. The Bertz CT molecular complexity index is 1590. The number of hydrogen-bond donors (Lipinski definition) is 5. The lowest BCUT2D eigenvalue weighted by Gasteiger charge is -2.22. The summed E-state index contributed by atoms with van der Waals surface area (Å²) >= 11 is 0. The molecule has 2 heterocycles. The molecule has 0 atom stereocenters. The molecule has 4 aromatic rings. The number of ether oxygens (including phenoxy) is 1. The summed E-state index contributed by atoms with van der Waals surface area (Å²) in [6.07, 6.45) is 0.0412. The fourth-order valence-corrected chi connectivity index (χ4v) is 5.13. The van der Waals surface area contributed by atoms with Gasteiger partial charge in [0.2, 0.25) is 5.91 Å². The number of aromatic nitrogens is 2. The van der Waals surface area contributed by atoms with Gasteiger partial charge in [0.25, 0.3) is 0 Å². The molecule has 202 valence electrons. The average molecular weight is 529 g/mol. The highest BCUT2D eigenvalue weighted by Gasteiger charge is 2.24. The van der Waals surface area contributed by atoms with Crippen LogP contribution >= 0.6 is 0 Å².